The molecule has 21 heavy (non-hydrogen) atoms. The number of benzene rings is 1. The molecule has 0 fully saturated rings. The first-order valence-corrected chi connectivity index (χ1v) is 7.51. The second kappa shape index (κ2) is 6.64. The molecule has 1 amide bonds. The quantitative estimate of drug-likeness (QED) is 0.754. The van der Waals surface area contributed by atoms with Gasteiger partial charge in [-0.2, -0.15) is 8.42 Å². The number of amides is 1. The fourth-order valence-electron chi connectivity index (χ4n) is 1.34. The smallest absolute Gasteiger partial charge is 0.422 e. The third-order valence-electron chi connectivity index (χ3n) is 2.03. The second-order valence-corrected chi connectivity index (χ2v) is 5.95. The Labute approximate surface area is 126 Å². The molecule has 0 aliphatic rings. The number of rotatable bonds is 5. The maximum atomic E-state index is 11.7. The second-order valence-electron chi connectivity index (χ2n) is 4.13. The lowest BCUT2D eigenvalue weighted by atomic mass is 10.2. The molecule has 0 saturated carbocycles. The summed E-state index contributed by atoms with van der Waals surface area (Å²) in [4.78, 5) is 22.3. The van der Waals surface area contributed by atoms with Crippen LogP contribution in [0.4, 0.5) is 10.5 Å². The van der Waals surface area contributed by atoms with Crippen molar-refractivity contribution in [3.05, 3.63) is 28.8 Å². The minimum absolute atomic E-state index is 0.146. The van der Waals surface area contributed by atoms with Crippen LogP contribution in [0.25, 0.3) is 0 Å². The number of carbonyl (C=O) groups is 2. The molecule has 3 N–H and O–H groups in total. The van der Waals surface area contributed by atoms with Crippen LogP contribution in [0.5, 0.6) is 0 Å². The third kappa shape index (κ3) is 5.12. The van der Waals surface area contributed by atoms with E-state index in [9.17, 15) is 18.0 Å². The summed E-state index contributed by atoms with van der Waals surface area (Å²) in [5.74, 6) is -1.41. The van der Waals surface area contributed by atoms with Gasteiger partial charge in [0.1, 0.15) is 5.56 Å². The highest BCUT2D eigenvalue weighted by atomic mass is 35.5. The molecule has 8 nitrogen and oxygen atoms in total. The number of carboxylic acids is 1. The van der Waals surface area contributed by atoms with Gasteiger partial charge in [-0.1, -0.05) is 17.7 Å². The number of anilines is 1. The summed E-state index contributed by atoms with van der Waals surface area (Å²) in [6, 6.07) is 3.85. The van der Waals surface area contributed by atoms with Crippen molar-refractivity contribution in [2.24, 2.45) is 0 Å². The maximum Gasteiger partial charge on any atom is 0.422 e. The Hall–Kier alpha value is -2.00. The molecule has 0 spiro atoms. The van der Waals surface area contributed by atoms with Crippen LogP contribution in [0, 0.1) is 0 Å². The Morgan fingerprint density at radius 3 is 2.48 bits per heavy atom. The molecule has 116 valence electrons. The monoisotopic (exact) mass is 336 g/mol. The Kier molecular flexibility index (Phi) is 5.39. The standard InChI is InChI=1S/C11H13ClN2O6S/c1-6(2)20-11(17)14-21(18,19)13-8-5-3-4-7(12)9(8)10(15)16/h3-6,13H,1-2H3,(H,14,17)(H,15,16). The molecular weight excluding hydrogens is 324 g/mol. The number of nitrogens with one attached hydrogen (secondary N) is 2. The van der Waals surface area contributed by atoms with Crippen LogP contribution < -0.4 is 9.44 Å². The first-order chi connectivity index (χ1) is 9.62. The number of hydrogen-bond acceptors (Lipinski definition) is 5. The predicted octanol–water partition coefficient (Wildman–Crippen LogP) is 1.83. The summed E-state index contributed by atoms with van der Waals surface area (Å²) in [5.41, 5.74) is -0.707. The molecule has 0 aromatic heterocycles. The molecule has 0 aliphatic heterocycles. The van der Waals surface area contributed by atoms with Gasteiger partial charge in [0.05, 0.1) is 16.8 Å². The summed E-state index contributed by atoms with van der Waals surface area (Å²) in [5, 5.41) is 8.87. The summed E-state index contributed by atoms with van der Waals surface area (Å²) in [6.07, 6.45) is -1.70. The Morgan fingerprint density at radius 1 is 1.33 bits per heavy atom. The predicted molar refractivity (Wildman–Crippen MR) is 75.7 cm³/mol. The molecule has 0 aliphatic carbocycles. The lowest BCUT2D eigenvalue weighted by Crippen LogP contribution is -2.37. The van der Waals surface area contributed by atoms with Crippen molar-refractivity contribution < 1.29 is 27.9 Å². The van der Waals surface area contributed by atoms with Gasteiger partial charge in [-0.05, 0) is 26.0 Å². The van der Waals surface area contributed by atoms with E-state index in [0.717, 1.165) is 0 Å². The summed E-state index contributed by atoms with van der Waals surface area (Å²) < 4.78 is 31.5. The Morgan fingerprint density at radius 2 is 1.95 bits per heavy atom. The van der Waals surface area contributed by atoms with Gasteiger partial charge < -0.3 is 9.84 Å². The van der Waals surface area contributed by atoms with E-state index in [1.165, 1.54) is 18.2 Å². The lowest BCUT2D eigenvalue weighted by molar-refractivity contribution is 0.0698. The van der Waals surface area contributed by atoms with Gasteiger partial charge in [-0.25, -0.2) is 14.3 Å². The summed E-state index contributed by atoms with van der Waals surface area (Å²) in [6.45, 7) is 3.08. The fraction of sp³-hybridized carbons (Fsp3) is 0.273. The molecule has 0 unspecified atom stereocenters. The van der Waals surface area contributed by atoms with E-state index in [-0.39, 0.29) is 10.7 Å². The number of hydrogen-bond donors (Lipinski definition) is 3. The van der Waals surface area contributed by atoms with E-state index in [2.05, 4.69) is 4.74 Å². The van der Waals surface area contributed by atoms with Crippen LogP contribution in [0.2, 0.25) is 5.02 Å². The SMILES string of the molecule is CC(C)OC(=O)NS(=O)(=O)Nc1cccc(Cl)c1C(=O)O. The molecule has 0 saturated heterocycles. The van der Waals surface area contributed by atoms with Crippen molar-refractivity contribution in [1.82, 2.24) is 4.72 Å². The minimum Gasteiger partial charge on any atom is -0.478 e. The maximum absolute atomic E-state index is 11.7. The highest BCUT2D eigenvalue weighted by Gasteiger charge is 2.21. The number of aromatic carboxylic acids is 1. The molecule has 1 rings (SSSR count). The molecule has 0 bridgehead atoms. The summed E-state index contributed by atoms with van der Waals surface area (Å²) >= 11 is 5.70. The average Bonchev–Trinajstić information content (AvgIpc) is 2.24. The molecule has 0 atom stereocenters. The van der Waals surface area contributed by atoms with Gasteiger partial charge in [0.15, 0.2) is 0 Å². The first kappa shape index (κ1) is 17.1. The van der Waals surface area contributed by atoms with E-state index in [1.807, 2.05) is 4.72 Å². The van der Waals surface area contributed by atoms with Crippen LogP contribution >= 0.6 is 11.6 Å². The normalized spacial score (nSPS) is 11.0. The van der Waals surface area contributed by atoms with Crippen molar-refractivity contribution in [2.45, 2.75) is 20.0 Å². The first-order valence-electron chi connectivity index (χ1n) is 5.65. The fourth-order valence-corrected chi connectivity index (χ4v) is 2.38. The van der Waals surface area contributed by atoms with E-state index in [4.69, 9.17) is 16.7 Å². The van der Waals surface area contributed by atoms with Gasteiger partial charge in [0.25, 0.3) is 0 Å². The van der Waals surface area contributed by atoms with Crippen molar-refractivity contribution in [3.8, 4) is 0 Å². The molecule has 1 aromatic carbocycles. The Bertz CT molecular complexity index is 659. The minimum atomic E-state index is -4.35. The number of carboxylic acid groups (broad SMARTS) is 1. The van der Waals surface area contributed by atoms with E-state index in [0.29, 0.717) is 0 Å². The van der Waals surface area contributed by atoms with Gasteiger partial charge in [0, 0.05) is 0 Å². The topological polar surface area (TPSA) is 122 Å². The van der Waals surface area contributed by atoms with Crippen LogP contribution in [0.3, 0.4) is 0 Å². The van der Waals surface area contributed by atoms with Gasteiger partial charge >= 0.3 is 22.3 Å². The number of ether oxygens (including phenoxy) is 1. The molecule has 0 radical (unpaired) electrons. The summed E-state index contributed by atoms with van der Waals surface area (Å²) in [7, 11) is -4.35. The van der Waals surface area contributed by atoms with E-state index in [1.54, 1.807) is 18.6 Å². The zero-order valence-corrected chi connectivity index (χ0v) is 12.7. The van der Waals surface area contributed by atoms with Crippen LogP contribution in [0.15, 0.2) is 18.2 Å². The zero-order valence-electron chi connectivity index (χ0n) is 11.1. The van der Waals surface area contributed by atoms with Crippen LogP contribution in [0.1, 0.15) is 24.2 Å². The number of carbonyl (C=O) groups excluding carboxylic acids is 1. The average molecular weight is 337 g/mol. The van der Waals surface area contributed by atoms with E-state index < -0.39 is 33.9 Å². The third-order valence-corrected chi connectivity index (χ3v) is 3.27. The van der Waals surface area contributed by atoms with Crippen LogP contribution in [-0.4, -0.2) is 31.7 Å². The van der Waals surface area contributed by atoms with Crippen molar-refractivity contribution in [1.29, 1.82) is 0 Å². The van der Waals surface area contributed by atoms with E-state index >= 15 is 0 Å². The largest absolute Gasteiger partial charge is 0.478 e. The highest BCUT2D eigenvalue weighted by Crippen LogP contribution is 2.24. The van der Waals surface area contributed by atoms with Crippen LogP contribution in [-0.2, 0) is 14.9 Å². The highest BCUT2D eigenvalue weighted by molar-refractivity contribution is 7.91. The van der Waals surface area contributed by atoms with Gasteiger partial charge in [-0.3, -0.25) is 4.72 Å². The molecule has 10 heteroatoms. The molecule has 0 heterocycles. The van der Waals surface area contributed by atoms with Gasteiger partial charge in [0.2, 0.25) is 0 Å². The molecular formula is C11H13ClN2O6S. The Balaban J connectivity index is 2.98. The molecule has 1 aromatic rings. The van der Waals surface area contributed by atoms with Crippen molar-refractivity contribution >= 4 is 39.6 Å². The van der Waals surface area contributed by atoms with Crippen molar-refractivity contribution in [2.75, 3.05) is 4.72 Å². The van der Waals surface area contributed by atoms with Gasteiger partial charge in [-0.15, -0.1) is 0 Å². The van der Waals surface area contributed by atoms with Crippen molar-refractivity contribution in [3.63, 3.8) is 0 Å². The zero-order chi connectivity index (χ0) is 16.2. The number of halogens is 1. The lowest BCUT2D eigenvalue weighted by Gasteiger charge is -2.13.